The maximum absolute atomic E-state index is 14.9. The second-order valence-corrected chi connectivity index (χ2v) is 9.56. The van der Waals surface area contributed by atoms with Gasteiger partial charge in [0.1, 0.15) is 46.7 Å². The lowest BCUT2D eigenvalue weighted by atomic mass is 10.1. The Balaban J connectivity index is 1.62. The molecule has 0 aliphatic heterocycles. The minimum atomic E-state index is -0.562. The molecule has 37 heavy (non-hydrogen) atoms. The molecule has 184 valence electrons. The number of fused-ring (bicyclic) bond motifs is 2. The number of nitrogen functional groups attached to an aromatic ring is 1. The predicted molar refractivity (Wildman–Crippen MR) is 139 cm³/mol. The number of aryl methyl sites for hydroxylation is 2. The van der Waals surface area contributed by atoms with Gasteiger partial charge in [-0.15, -0.1) is 11.3 Å². The molecule has 11 heteroatoms. The van der Waals surface area contributed by atoms with Crippen molar-refractivity contribution < 1.29 is 8.78 Å². The monoisotopic (exact) mass is 515 g/mol. The van der Waals surface area contributed by atoms with E-state index in [0.29, 0.717) is 38.1 Å². The second kappa shape index (κ2) is 8.56. The normalized spacial score (nSPS) is 11.6. The minimum Gasteiger partial charge on any atom is -0.383 e. The van der Waals surface area contributed by atoms with Gasteiger partial charge in [0.2, 0.25) is 0 Å². The number of nitrogens with two attached hydrogens (primary N) is 1. The molecule has 0 atom stereocenters. The quantitative estimate of drug-likeness (QED) is 0.362. The Hall–Kier alpha value is -4.51. The van der Waals surface area contributed by atoms with E-state index in [1.807, 2.05) is 12.3 Å². The van der Waals surface area contributed by atoms with E-state index in [-0.39, 0.29) is 29.4 Å². The molecule has 2 aromatic carbocycles. The van der Waals surface area contributed by atoms with Crippen LogP contribution in [-0.2, 0) is 6.54 Å². The van der Waals surface area contributed by atoms with Crippen molar-refractivity contribution in [3.8, 4) is 16.9 Å². The molecule has 4 aromatic heterocycles. The number of aromatic nitrogens is 6. The van der Waals surface area contributed by atoms with E-state index in [1.165, 1.54) is 51.2 Å². The molecule has 0 unspecified atom stereocenters. The van der Waals surface area contributed by atoms with Gasteiger partial charge in [-0.1, -0.05) is 12.1 Å². The van der Waals surface area contributed by atoms with Gasteiger partial charge in [-0.05, 0) is 60.7 Å². The molecule has 0 saturated heterocycles. The summed E-state index contributed by atoms with van der Waals surface area (Å²) in [5.41, 5.74) is 8.65. The lowest BCUT2D eigenvalue weighted by Crippen LogP contribution is -2.26. The Morgan fingerprint density at radius 1 is 1.05 bits per heavy atom. The molecule has 0 aliphatic carbocycles. The molecule has 0 bridgehead atoms. The summed E-state index contributed by atoms with van der Waals surface area (Å²) in [6.45, 7) is 3.57. The lowest BCUT2D eigenvalue weighted by molar-refractivity contribution is 0.600. The van der Waals surface area contributed by atoms with E-state index < -0.39 is 11.6 Å². The summed E-state index contributed by atoms with van der Waals surface area (Å²) < 4.78 is 32.0. The van der Waals surface area contributed by atoms with E-state index in [9.17, 15) is 13.6 Å². The van der Waals surface area contributed by atoms with Gasteiger partial charge < -0.3 is 5.73 Å². The van der Waals surface area contributed by atoms with E-state index >= 15 is 0 Å². The van der Waals surface area contributed by atoms with Crippen LogP contribution in [0.1, 0.15) is 17.0 Å². The molecule has 0 fully saturated rings. The van der Waals surface area contributed by atoms with Crippen molar-refractivity contribution in [2.45, 2.75) is 20.4 Å². The summed E-state index contributed by atoms with van der Waals surface area (Å²) in [4.78, 5) is 27.4. The van der Waals surface area contributed by atoms with Crippen molar-refractivity contribution >= 4 is 38.4 Å². The van der Waals surface area contributed by atoms with E-state index in [2.05, 4.69) is 9.97 Å². The fraction of sp³-hybridized carbons (Fsp3) is 0.115. The SMILES string of the molecule is Cc1cc(F)cc(-c2nn(Cc3nc4scc(C)c4c(=O)n3-c3ccccc3F)c3ncnc(N)c23)c1. The molecule has 4 heterocycles. The smallest absolute Gasteiger partial charge is 0.267 e. The van der Waals surface area contributed by atoms with Gasteiger partial charge in [0.05, 0.1) is 16.5 Å². The topological polar surface area (TPSA) is 105 Å². The molecule has 0 radical (unpaired) electrons. The summed E-state index contributed by atoms with van der Waals surface area (Å²) in [6.07, 6.45) is 1.31. The summed E-state index contributed by atoms with van der Waals surface area (Å²) in [6, 6.07) is 10.6. The van der Waals surface area contributed by atoms with Gasteiger partial charge in [0, 0.05) is 5.56 Å². The van der Waals surface area contributed by atoms with Gasteiger partial charge in [-0.25, -0.2) is 28.4 Å². The number of hydrogen-bond acceptors (Lipinski definition) is 7. The first-order valence-corrected chi connectivity index (χ1v) is 12.2. The van der Waals surface area contributed by atoms with Crippen molar-refractivity contribution in [1.29, 1.82) is 0 Å². The third kappa shape index (κ3) is 3.75. The Labute approximate surface area is 212 Å². The fourth-order valence-electron chi connectivity index (χ4n) is 4.51. The van der Waals surface area contributed by atoms with Gasteiger partial charge >= 0.3 is 0 Å². The maximum atomic E-state index is 14.9. The molecular formula is C26H19F2N7OS. The van der Waals surface area contributed by atoms with Crippen LogP contribution in [0.4, 0.5) is 14.6 Å². The third-order valence-electron chi connectivity index (χ3n) is 6.12. The Bertz CT molecular complexity index is 1890. The number of rotatable bonds is 4. The number of anilines is 1. The standard InChI is InChI=1S/C26H19F2N7OS/c1-13-7-15(9-16(27)8-13)22-21-23(29)30-12-31-24(21)34(33-22)10-19-32-25-20(14(2)11-37-25)26(36)35(19)18-6-4-3-5-17(18)28/h3-9,11-12H,10H2,1-2H3,(H2,29,30,31). The molecule has 6 aromatic rings. The number of thiophene rings is 1. The highest BCUT2D eigenvalue weighted by atomic mass is 32.1. The lowest BCUT2D eigenvalue weighted by Gasteiger charge is -2.14. The zero-order valence-electron chi connectivity index (χ0n) is 19.7. The Morgan fingerprint density at radius 3 is 2.65 bits per heavy atom. The number of benzene rings is 2. The Morgan fingerprint density at radius 2 is 1.86 bits per heavy atom. The molecule has 0 amide bonds. The number of hydrogen-bond donors (Lipinski definition) is 1. The minimum absolute atomic E-state index is 0.0300. The van der Waals surface area contributed by atoms with Crippen LogP contribution in [0.15, 0.2) is 59.0 Å². The summed E-state index contributed by atoms with van der Waals surface area (Å²) >= 11 is 1.34. The second-order valence-electron chi connectivity index (χ2n) is 8.70. The van der Waals surface area contributed by atoms with Crippen molar-refractivity contribution in [3.05, 3.63) is 93.1 Å². The first-order valence-electron chi connectivity index (χ1n) is 11.3. The van der Waals surface area contributed by atoms with Crippen LogP contribution in [0.2, 0.25) is 0 Å². The molecule has 6 rings (SSSR count). The molecule has 2 N–H and O–H groups in total. The van der Waals surface area contributed by atoms with Gasteiger partial charge in [0.15, 0.2) is 5.65 Å². The maximum Gasteiger partial charge on any atom is 0.267 e. The van der Waals surface area contributed by atoms with Crippen LogP contribution in [0, 0.1) is 25.5 Å². The average Bonchev–Trinajstić information content (AvgIpc) is 3.41. The number of nitrogens with zero attached hydrogens (tertiary/aromatic N) is 6. The first-order chi connectivity index (χ1) is 17.8. The highest BCUT2D eigenvalue weighted by Gasteiger charge is 2.22. The van der Waals surface area contributed by atoms with Gasteiger partial charge in [-0.3, -0.25) is 9.36 Å². The van der Waals surface area contributed by atoms with E-state index in [1.54, 1.807) is 25.1 Å². The Kier molecular flexibility index (Phi) is 5.30. The number of halogens is 2. The van der Waals surface area contributed by atoms with Gasteiger partial charge in [0.25, 0.3) is 5.56 Å². The summed E-state index contributed by atoms with van der Waals surface area (Å²) in [5, 5.41) is 7.42. The highest BCUT2D eigenvalue weighted by Crippen LogP contribution is 2.32. The van der Waals surface area contributed by atoms with Crippen molar-refractivity contribution in [3.63, 3.8) is 0 Å². The molecule has 0 spiro atoms. The van der Waals surface area contributed by atoms with Crippen LogP contribution in [0.25, 0.3) is 38.2 Å². The number of para-hydroxylation sites is 1. The van der Waals surface area contributed by atoms with Crippen molar-refractivity contribution in [2.75, 3.05) is 5.73 Å². The van der Waals surface area contributed by atoms with Gasteiger partial charge in [-0.2, -0.15) is 5.10 Å². The zero-order valence-corrected chi connectivity index (χ0v) is 20.6. The van der Waals surface area contributed by atoms with Crippen LogP contribution in [0.5, 0.6) is 0 Å². The van der Waals surface area contributed by atoms with E-state index in [4.69, 9.17) is 15.8 Å². The zero-order chi connectivity index (χ0) is 25.8. The first kappa shape index (κ1) is 22.9. The molecular weight excluding hydrogens is 496 g/mol. The largest absolute Gasteiger partial charge is 0.383 e. The highest BCUT2D eigenvalue weighted by molar-refractivity contribution is 7.16. The van der Waals surface area contributed by atoms with E-state index in [0.717, 1.165) is 5.56 Å². The molecule has 0 aliphatic rings. The fourth-order valence-corrected chi connectivity index (χ4v) is 5.44. The average molecular weight is 516 g/mol. The summed E-state index contributed by atoms with van der Waals surface area (Å²) in [5.74, 6) is -0.542. The van der Waals surface area contributed by atoms with Crippen molar-refractivity contribution in [2.24, 2.45) is 0 Å². The van der Waals surface area contributed by atoms with Crippen molar-refractivity contribution in [1.82, 2.24) is 29.3 Å². The van der Waals surface area contributed by atoms with Crippen LogP contribution < -0.4 is 11.3 Å². The van der Waals surface area contributed by atoms with Crippen LogP contribution in [-0.4, -0.2) is 29.3 Å². The predicted octanol–water partition coefficient (Wildman–Crippen LogP) is 4.78. The van der Waals surface area contributed by atoms with Crippen LogP contribution >= 0.6 is 11.3 Å². The molecule has 0 saturated carbocycles. The third-order valence-corrected chi connectivity index (χ3v) is 7.11. The molecule has 8 nitrogen and oxygen atoms in total. The van der Waals surface area contributed by atoms with Crippen LogP contribution in [0.3, 0.4) is 0 Å². The summed E-state index contributed by atoms with van der Waals surface area (Å²) in [7, 11) is 0.